The molecule has 5 heteroatoms. The molecule has 0 spiro atoms. The van der Waals surface area contributed by atoms with Crippen molar-refractivity contribution < 1.29 is 4.79 Å². The molecule has 1 aliphatic rings. The lowest BCUT2D eigenvalue weighted by Gasteiger charge is -2.34. The summed E-state index contributed by atoms with van der Waals surface area (Å²) in [5.41, 5.74) is 3.30. The summed E-state index contributed by atoms with van der Waals surface area (Å²) < 4.78 is 1.04. The average Bonchev–Trinajstić information content (AvgIpc) is 3.17. The SMILES string of the molecule is CC1=C(c2ccccc2)C(=O)N(C(C)(C)c2nc3ccc(Cl)cc3s2)C1. The molecule has 0 aliphatic carbocycles. The summed E-state index contributed by atoms with van der Waals surface area (Å²) in [6.45, 7) is 6.78. The fourth-order valence-electron chi connectivity index (χ4n) is 3.41. The van der Waals surface area contributed by atoms with E-state index in [9.17, 15) is 4.79 Å². The minimum atomic E-state index is -0.495. The number of hydrogen-bond donors (Lipinski definition) is 0. The smallest absolute Gasteiger partial charge is 0.255 e. The molecule has 0 saturated heterocycles. The highest BCUT2D eigenvalue weighted by molar-refractivity contribution is 7.18. The molecule has 4 rings (SSSR count). The molecule has 26 heavy (non-hydrogen) atoms. The lowest BCUT2D eigenvalue weighted by Crippen LogP contribution is -2.43. The standard InChI is InChI=1S/C21H19ClN2OS/c1-13-12-24(19(25)18(13)14-7-5-4-6-8-14)21(2,3)20-23-16-10-9-15(22)11-17(16)26-20/h4-11H,12H2,1-3H3. The molecule has 0 saturated carbocycles. The van der Waals surface area contributed by atoms with Crippen molar-refractivity contribution in [2.45, 2.75) is 26.3 Å². The van der Waals surface area contributed by atoms with E-state index in [1.165, 1.54) is 0 Å². The second kappa shape index (κ2) is 6.22. The normalized spacial score (nSPS) is 15.4. The molecule has 0 radical (unpaired) electrons. The Morgan fingerprint density at radius 2 is 1.88 bits per heavy atom. The summed E-state index contributed by atoms with van der Waals surface area (Å²) in [6, 6.07) is 15.6. The Bertz CT molecular complexity index is 1040. The molecular formula is C21H19ClN2OS. The molecule has 2 aromatic carbocycles. The maximum Gasteiger partial charge on any atom is 0.255 e. The van der Waals surface area contributed by atoms with E-state index < -0.39 is 5.54 Å². The minimum Gasteiger partial charge on any atom is -0.323 e. The van der Waals surface area contributed by atoms with Crippen LogP contribution in [-0.2, 0) is 10.3 Å². The van der Waals surface area contributed by atoms with Crippen LogP contribution in [0.5, 0.6) is 0 Å². The molecule has 0 fully saturated rings. The van der Waals surface area contributed by atoms with Gasteiger partial charge < -0.3 is 4.90 Å². The molecule has 0 atom stereocenters. The number of nitrogens with zero attached hydrogens (tertiary/aromatic N) is 2. The number of amides is 1. The fraction of sp³-hybridized carbons (Fsp3) is 0.238. The number of carbonyl (C=O) groups is 1. The zero-order chi connectivity index (χ0) is 18.5. The minimum absolute atomic E-state index is 0.0657. The highest BCUT2D eigenvalue weighted by atomic mass is 35.5. The number of hydrogen-bond acceptors (Lipinski definition) is 3. The molecule has 1 amide bonds. The molecule has 0 unspecified atom stereocenters. The number of benzene rings is 2. The van der Waals surface area contributed by atoms with Crippen molar-refractivity contribution in [1.29, 1.82) is 0 Å². The first kappa shape index (κ1) is 17.3. The van der Waals surface area contributed by atoms with Crippen LogP contribution in [0.15, 0.2) is 54.1 Å². The third kappa shape index (κ3) is 2.74. The molecule has 132 valence electrons. The number of halogens is 1. The van der Waals surface area contributed by atoms with Gasteiger partial charge in [0.25, 0.3) is 5.91 Å². The largest absolute Gasteiger partial charge is 0.323 e. The average molecular weight is 383 g/mol. The van der Waals surface area contributed by atoms with E-state index in [1.54, 1.807) is 11.3 Å². The first-order valence-electron chi connectivity index (χ1n) is 8.51. The van der Waals surface area contributed by atoms with Gasteiger partial charge in [-0.2, -0.15) is 0 Å². The number of carbonyl (C=O) groups excluding carboxylic acids is 1. The Balaban J connectivity index is 1.71. The molecular weight excluding hydrogens is 364 g/mol. The number of aromatic nitrogens is 1. The third-order valence-electron chi connectivity index (χ3n) is 4.89. The first-order chi connectivity index (χ1) is 12.4. The van der Waals surface area contributed by atoms with Crippen molar-refractivity contribution in [2.75, 3.05) is 6.54 Å². The van der Waals surface area contributed by atoms with Crippen LogP contribution in [-0.4, -0.2) is 22.3 Å². The summed E-state index contributed by atoms with van der Waals surface area (Å²) in [7, 11) is 0. The number of rotatable bonds is 3. The van der Waals surface area contributed by atoms with Crippen LogP contribution < -0.4 is 0 Å². The van der Waals surface area contributed by atoms with Gasteiger partial charge in [-0.25, -0.2) is 4.98 Å². The maximum absolute atomic E-state index is 13.2. The third-order valence-corrected chi connectivity index (χ3v) is 6.46. The van der Waals surface area contributed by atoms with E-state index in [0.717, 1.165) is 31.9 Å². The van der Waals surface area contributed by atoms with E-state index >= 15 is 0 Å². The van der Waals surface area contributed by atoms with Crippen LogP contribution in [0.2, 0.25) is 5.02 Å². The van der Waals surface area contributed by atoms with Gasteiger partial charge in [0.2, 0.25) is 0 Å². The van der Waals surface area contributed by atoms with Gasteiger partial charge >= 0.3 is 0 Å². The lowest BCUT2D eigenvalue weighted by molar-refractivity contribution is -0.128. The van der Waals surface area contributed by atoms with Gasteiger partial charge in [0.1, 0.15) is 5.01 Å². The van der Waals surface area contributed by atoms with Crippen LogP contribution in [0.4, 0.5) is 0 Å². The molecule has 2 heterocycles. The van der Waals surface area contributed by atoms with Gasteiger partial charge in [0.15, 0.2) is 0 Å². The van der Waals surface area contributed by atoms with E-state index in [1.807, 2.05) is 60.4 Å². The predicted octanol–water partition coefficient (Wildman–Crippen LogP) is 5.50. The van der Waals surface area contributed by atoms with E-state index in [2.05, 4.69) is 13.8 Å². The molecule has 3 aromatic rings. The zero-order valence-electron chi connectivity index (χ0n) is 14.9. The zero-order valence-corrected chi connectivity index (χ0v) is 16.5. The van der Waals surface area contributed by atoms with Crippen LogP contribution in [0, 0.1) is 0 Å². The Labute approximate surface area is 161 Å². The van der Waals surface area contributed by atoms with Crippen LogP contribution in [0.25, 0.3) is 15.8 Å². The molecule has 3 nitrogen and oxygen atoms in total. The Morgan fingerprint density at radius 3 is 2.62 bits per heavy atom. The van der Waals surface area contributed by atoms with Crippen molar-refractivity contribution in [3.8, 4) is 0 Å². The summed E-state index contributed by atoms with van der Waals surface area (Å²) in [4.78, 5) is 19.9. The van der Waals surface area contributed by atoms with Crippen molar-refractivity contribution in [3.63, 3.8) is 0 Å². The van der Waals surface area contributed by atoms with Crippen molar-refractivity contribution in [3.05, 3.63) is 69.7 Å². The van der Waals surface area contributed by atoms with Gasteiger partial charge in [0.05, 0.1) is 15.8 Å². The maximum atomic E-state index is 13.2. The summed E-state index contributed by atoms with van der Waals surface area (Å²) in [5, 5.41) is 1.62. The van der Waals surface area contributed by atoms with Gasteiger partial charge in [-0.15, -0.1) is 11.3 Å². The lowest BCUT2D eigenvalue weighted by atomic mass is 10.0. The fourth-order valence-corrected chi connectivity index (χ4v) is 4.76. The Morgan fingerprint density at radius 1 is 1.15 bits per heavy atom. The quantitative estimate of drug-likeness (QED) is 0.599. The van der Waals surface area contributed by atoms with Crippen molar-refractivity contribution >= 4 is 44.6 Å². The van der Waals surface area contributed by atoms with Gasteiger partial charge in [0, 0.05) is 17.1 Å². The van der Waals surface area contributed by atoms with Gasteiger partial charge in [-0.3, -0.25) is 4.79 Å². The van der Waals surface area contributed by atoms with Crippen LogP contribution in [0.1, 0.15) is 31.3 Å². The van der Waals surface area contributed by atoms with E-state index in [0.29, 0.717) is 11.6 Å². The first-order valence-corrected chi connectivity index (χ1v) is 9.71. The predicted molar refractivity (Wildman–Crippen MR) is 108 cm³/mol. The Hall–Kier alpha value is -2.17. The monoisotopic (exact) mass is 382 g/mol. The summed E-state index contributed by atoms with van der Waals surface area (Å²) in [6.07, 6.45) is 0. The topological polar surface area (TPSA) is 33.2 Å². The molecule has 0 N–H and O–H groups in total. The van der Waals surface area contributed by atoms with Crippen LogP contribution >= 0.6 is 22.9 Å². The molecule has 1 aliphatic heterocycles. The molecule has 1 aromatic heterocycles. The van der Waals surface area contributed by atoms with Gasteiger partial charge in [-0.05, 0) is 50.1 Å². The number of fused-ring (bicyclic) bond motifs is 1. The highest BCUT2D eigenvalue weighted by Gasteiger charge is 2.41. The Kier molecular flexibility index (Phi) is 4.13. The second-order valence-electron chi connectivity index (χ2n) is 7.10. The summed E-state index contributed by atoms with van der Waals surface area (Å²) in [5.74, 6) is 0.0657. The van der Waals surface area contributed by atoms with Gasteiger partial charge in [-0.1, -0.05) is 41.9 Å². The van der Waals surface area contributed by atoms with E-state index in [4.69, 9.17) is 16.6 Å². The summed E-state index contributed by atoms with van der Waals surface area (Å²) >= 11 is 7.70. The van der Waals surface area contributed by atoms with Crippen LogP contribution in [0.3, 0.4) is 0 Å². The van der Waals surface area contributed by atoms with Crippen molar-refractivity contribution in [1.82, 2.24) is 9.88 Å². The highest BCUT2D eigenvalue weighted by Crippen LogP contribution is 2.40. The van der Waals surface area contributed by atoms with Crippen molar-refractivity contribution in [2.24, 2.45) is 0 Å². The van der Waals surface area contributed by atoms with E-state index in [-0.39, 0.29) is 5.91 Å². The molecule has 0 bridgehead atoms. The number of thiazole rings is 1. The second-order valence-corrected chi connectivity index (χ2v) is 8.57.